The van der Waals surface area contributed by atoms with Crippen LogP contribution in [0.1, 0.15) is 117 Å². The number of nitrogens with zero attached hydrogens (tertiary/aromatic N) is 5. The van der Waals surface area contributed by atoms with Gasteiger partial charge in [-0.1, -0.05) is 111 Å². The largest absolute Gasteiger partial charge is 0.445 e. The molecule has 4 rings (SSSR count). The highest BCUT2D eigenvalue weighted by molar-refractivity contribution is 7.09. The molecule has 1 unspecified atom stereocenters. The molecule has 2 aromatic carbocycles. The Morgan fingerprint density at radius 1 is 0.784 bits per heavy atom. The number of amides is 10. The van der Waals surface area contributed by atoms with Crippen molar-refractivity contribution in [1.82, 2.24) is 46.3 Å². The van der Waals surface area contributed by atoms with Gasteiger partial charge in [-0.15, -0.1) is 11.3 Å². The highest BCUT2D eigenvalue weighted by Gasteiger charge is 2.44. The van der Waals surface area contributed by atoms with Crippen LogP contribution >= 0.6 is 11.3 Å². The van der Waals surface area contributed by atoms with Gasteiger partial charge in [-0.3, -0.25) is 43.3 Å². The number of nitrogens with one attached hydrogen (secondary N) is 5. The summed E-state index contributed by atoms with van der Waals surface area (Å²) in [4.78, 5) is 137. The van der Waals surface area contributed by atoms with Gasteiger partial charge in [0, 0.05) is 65.2 Å². The zero-order chi connectivity index (χ0) is 65.4. The molecule has 10 atom stereocenters. The molecule has 10 amide bonds. The first-order valence-electron chi connectivity index (χ1n) is 30.2. The zero-order valence-corrected chi connectivity index (χ0v) is 54.3. The van der Waals surface area contributed by atoms with Gasteiger partial charge < -0.3 is 61.2 Å². The fourth-order valence-electron chi connectivity index (χ4n) is 11.1. The molecule has 88 heavy (non-hydrogen) atoms. The van der Waals surface area contributed by atoms with Crippen molar-refractivity contribution in [2.45, 2.75) is 156 Å². The quantitative estimate of drug-likeness (QED) is 0.0316. The molecule has 0 aliphatic carbocycles. The number of ether oxygens (including phenoxy) is 3. The third-order valence-corrected chi connectivity index (χ3v) is 17.0. The minimum absolute atomic E-state index is 0.0710. The molecule has 9 N–H and O–H groups in total. The van der Waals surface area contributed by atoms with E-state index in [2.05, 4.69) is 36.4 Å². The standard InChI is InChI=1S/C62H96N12O13S/c1-14-40(8)54(47(84-12)33-49(76)74-29-18-22-46(74)55(85-13)41(9)56(78)68-45(59-65-28-31-88-59)32-42-20-16-15-17-21-42)71(10)60(81)52(38(4)5)70-58(80)53(39(6)7)72(11)62(83)86-35-43-23-25-44(26-24-43)73(30-19-27-66-61(63)82)50(77)34-67-57(79)51(37(2)3)69-48(75)36-87-64/h15-17,20-21,23-26,28,31,37-41,45-47,51-55H,14,18-19,22,27,29-30,32-36,64H2,1-13H3,(H,67,79)(H,68,78)(H,69,75)(H,70,80)(H3,63,66,82)/t40-,41+,45-,46-,47+,51-,52-,53-,54?,55+/m0/s1. The van der Waals surface area contributed by atoms with Gasteiger partial charge in [0.15, 0.2) is 0 Å². The van der Waals surface area contributed by atoms with E-state index in [1.54, 1.807) is 82.1 Å². The molecule has 26 heteroatoms. The minimum Gasteiger partial charge on any atom is -0.445 e. The molecule has 1 aromatic heterocycles. The van der Waals surface area contributed by atoms with Crippen molar-refractivity contribution in [1.29, 1.82) is 0 Å². The first-order valence-corrected chi connectivity index (χ1v) is 31.0. The smallest absolute Gasteiger partial charge is 0.410 e. The van der Waals surface area contributed by atoms with Gasteiger partial charge in [-0.2, -0.15) is 0 Å². The van der Waals surface area contributed by atoms with Crippen LogP contribution in [0.15, 0.2) is 66.2 Å². The van der Waals surface area contributed by atoms with E-state index in [0.717, 1.165) is 10.6 Å². The molecule has 1 aliphatic heterocycles. The molecule has 0 spiro atoms. The first kappa shape index (κ1) is 73.2. The Kier molecular flexibility index (Phi) is 30.2. The fraction of sp³-hybridized carbons (Fsp3) is 0.613. The van der Waals surface area contributed by atoms with Crippen molar-refractivity contribution in [2.24, 2.45) is 41.2 Å². The molecule has 488 valence electrons. The van der Waals surface area contributed by atoms with Gasteiger partial charge in [0.25, 0.3) is 0 Å². The van der Waals surface area contributed by atoms with Crippen LogP contribution in [0.5, 0.6) is 0 Å². The van der Waals surface area contributed by atoms with E-state index in [-0.39, 0.29) is 55.8 Å². The number of urea groups is 1. The number of benzene rings is 2. The second-order valence-electron chi connectivity index (χ2n) is 23.5. The van der Waals surface area contributed by atoms with Crippen LogP contribution in [0.3, 0.4) is 0 Å². The number of primary amides is 1. The van der Waals surface area contributed by atoms with Crippen molar-refractivity contribution in [3.8, 4) is 0 Å². The Morgan fingerprint density at radius 3 is 2.02 bits per heavy atom. The molecular weight excluding hydrogens is 1150 g/mol. The highest BCUT2D eigenvalue weighted by Crippen LogP contribution is 2.31. The number of nitrogens with two attached hydrogens (primary N) is 2. The topological polar surface area (TPSA) is 329 Å². The lowest BCUT2D eigenvalue weighted by Crippen LogP contribution is -2.60. The molecular formula is C62H96N12O13S. The average Bonchev–Trinajstić information content (AvgIpc) is 2.48. The van der Waals surface area contributed by atoms with Crippen LogP contribution < -0.4 is 43.1 Å². The number of hydrogen-bond acceptors (Lipinski definition) is 16. The van der Waals surface area contributed by atoms with E-state index in [1.165, 1.54) is 35.3 Å². The number of carbonyl (C=O) groups excluding carboxylic acids is 9. The van der Waals surface area contributed by atoms with E-state index in [1.807, 2.05) is 70.3 Å². The van der Waals surface area contributed by atoms with E-state index < -0.39 is 115 Å². The van der Waals surface area contributed by atoms with E-state index in [0.29, 0.717) is 49.9 Å². The monoisotopic (exact) mass is 1250 g/mol. The van der Waals surface area contributed by atoms with Gasteiger partial charge in [0.05, 0.1) is 49.2 Å². The summed E-state index contributed by atoms with van der Waals surface area (Å²) >= 11 is 1.47. The third-order valence-electron chi connectivity index (χ3n) is 16.1. The molecule has 3 aromatic rings. The van der Waals surface area contributed by atoms with E-state index in [4.69, 9.17) is 25.8 Å². The molecule has 0 saturated carbocycles. The van der Waals surface area contributed by atoms with Crippen molar-refractivity contribution in [3.63, 3.8) is 0 Å². The normalized spacial score (nSPS) is 16.2. The summed E-state index contributed by atoms with van der Waals surface area (Å²) in [6, 6.07) is 11.2. The minimum atomic E-state index is -1.08. The van der Waals surface area contributed by atoms with Gasteiger partial charge >= 0.3 is 12.1 Å². The predicted octanol–water partition coefficient (Wildman–Crippen LogP) is 4.44. The summed E-state index contributed by atoms with van der Waals surface area (Å²) in [6.45, 7) is 16.0. The van der Waals surface area contributed by atoms with Gasteiger partial charge in [-0.05, 0) is 72.6 Å². The number of thiazole rings is 1. The Balaban J connectivity index is 1.44. The van der Waals surface area contributed by atoms with Crippen LogP contribution in [0.2, 0.25) is 0 Å². The molecule has 0 bridgehead atoms. The third kappa shape index (κ3) is 21.2. The summed E-state index contributed by atoms with van der Waals surface area (Å²) in [5, 5.41) is 16.4. The number of anilines is 1. The lowest BCUT2D eigenvalue weighted by Gasteiger charge is -2.41. The number of aromatic nitrogens is 1. The molecule has 25 nitrogen and oxygen atoms in total. The Hall–Kier alpha value is -7.26. The van der Waals surface area contributed by atoms with Gasteiger partial charge in [0.2, 0.25) is 41.4 Å². The summed E-state index contributed by atoms with van der Waals surface area (Å²) < 4.78 is 17.9. The molecule has 1 saturated heterocycles. The number of rotatable bonds is 35. The molecule has 2 heterocycles. The molecule has 0 radical (unpaired) electrons. The lowest BCUT2D eigenvalue weighted by molar-refractivity contribution is -0.148. The fourth-order valence-corrected chi connectivity index (χ4v) is 11.8. The van der Waals surface area contributed by atoms with Gasteiger partial charge in [0.1, 0.15) is 36.3 Å². The second-order valence-corrected chi connectivity index (χ2v) is 24.4. The van der Waals surface area contributed by atoms with Crippen LogP contribution in [-0.2, 0) is 65.6 Å². The summed E-state index contributed by atoms with van der Waals surface area (Å²) in [5.74, 6) is -0.122. The number of hydrogen-bond donors (Lipinski definition) is 7. The first-order chi connectivity index (χ1) is 41.8. The maximum Gasteiger partial charge on any atom is 0.410 e. The zero-order valence-electron chi connectivity index (χ0n) is 53.4. The Bertz CT molecular complexity index is 2720. The van der Waals surface area contributed by atoms with Crippen molar-refractivity contribution < 1.29 is 62.2 Å². The van der Waals surface area contributed by atoms with E-state index >= 15 is 0 Å². The maximum atomic E-state index is 14.8. The highest BCUT2D eigenvalue weighted by atomic mass is 32.1. The molecule has 1 fully saturated rings. The van der Waals surface area contributed by atoms with E-state index in [9.17, 15) is 43.2 Å². The van der Waals surface area contributed by atoms with Crippen LogP contribution in [0.25, 0.3) is 0 Å². The summed E-state index contributed by atoms with van der Waals surface area (Å²) in [7, 11) is 6.16. The summed E-state index contributed by atoms with van der Waals surface area (Å²) in [5.41, 5.74) is 7.25. The second kappa shape index (κ2) is 36.3. The predicted molar refractivity (Wildman–Crippen MR) is 334 cm³/mol. The number of carbonyl (C=O) groups is 9. The van der Waals surface area contributed by atoms with Crippen molar-refractivity contribution >= 4 is 70.5 Å². The Labute approximate surface area is 522 Å². The van der Waals surface area contributed by atoms with Crippen LogP contribution in [0, 0.1) is 29.6 Å². The lowest BCUT2D eigenvalue weighted by atomic mass is 9.89. The summed E-state index contributed by atoms with van der Waals surface area (Å²) in [6.07, 6.45) is 2.25. The van der Waals surface area contributed by atoms with Crippen molar-refractivity contribution in [2.75, 3.05) is 66.0 Å². The maximum absolute atomic E-state index is 14.8. The Morgan fingerprint density at radius 2 is 1.45 bits per heavy atom. The number of likely N-dealkylation sites (N-methyl/N-ethyl adjacent to an activating group) is 2. The van der Waals surface area contributed by atoms with Crippen LogP contribution in [0.4, 0.5) is 15.3 Å². The SMILES string of the molecule is CC[C@H](C)C([C@@H](CC(=O)N1CCC[C@H]1[C@H](OC)[C@@H](C)C(=O)N[C@@H](Cc1ccccc1)c1nccs1)OC)N(C)C(=O)[C@@H](NC(=O)[C@H](C(C)C)N(C)C(=O)OCc1ccc(N(CCCNC(N)=O)C(=O)CNC(=O)[C@@H](NC(=O)CON)C(C)C)cc1)C(C)C. The molecule has 1 aliphatic rings. The number of methoxy groups -OCH3 is 2. The van der Waals surface area contributed by atoms with Gasteiger partial charge in [-0.25, -0.2) is 20.5 Å². The van der Waals surface area contributed by atoms with Crippen molar-refractivity contribution in [3.05, 3.63) is 82.3 Å². The van der Waals surface area contributed by atoms with Crippen LogP contribution in [-0.4, -0.2) is 177 Å². The number of likely N-dealkylation sites (tertiary alicyclic amines) is 1. The average molecular weight is 1250 g/mol.